The summed E-state index contributed by atoms with van der Waals surface area (Å²) < 4.78 is 10.7. The molecule has 1 fully saturated rings. The van der Waals surface area contributed by atoms with Crippen molar-refractivity contribution >= 4 is 0 Å². The highest BCUT2D eigenvalue weighted by Gasteiger charge is 2.27. The second kappa shape index (κ2) is 6.80. The molecular formula is C15H20N4O2. The van der Waals surface area contributed by atoms with Gasteiger partial charge in [-0.05, 0) is 18.6 Å². The summed E-state index contributed by atoms with van der Waals surface area (Å²) in [7, 11) is 1.68. The molecule has 2 aromatic heterocycles. The Labute approximate surface area is 123 Å². The van der Waals surface area contributed by atoms with E-state index < -0.39 is 0 Å². The molecule has 1 aliphatic heterocycles. The molecule has 0 bridgehead atoms. The number of imidazole rings is 1. The first-order valence-electron chi connectivity index (χ1n) is 7.16. The molecule has 0 unspecified atom stereocenters. The minimum Gasteiger partial charge on any atom is -0.382 e. The van der Waals surface area contributed by atoms with E-state index in [0.717, 1.165) is 30.0 Å². The number of nitrogens with one attached hydrogen (secondary N) is 2. The Morgan fingerprint density at radius 3 is 3.14 bits per heavy atom. The van der Waals surface area contributed by atoms with Crippen LogP contribution in [0.25, 0.3) is 11.3 Å². The minimum atomic E-state index is 0.211. The van der Waals surface area contributed by atoms with Crippen LogP contribution >= 0.6 is 0 Å². The van der Waals surface area contributed by atoms with Gasteiger partial charge >= 0.3 is 0 Å². The lowest BCUT2D eigenvalue weighted by Crippen LogP contribution is -2.19. The second-order valence-electron chi connectivity index (χ2n) is 5.09. The molecule has 112 valence electrons. The Hall–Kier alpha value is -1.76. The highest BCUT2D eigenvalue weighted by molar-refractivity contribution is 5.56. The average Bonchev–Trinajstić information content (AvgIpc) is 3.17. The number of hydrogen-bond donors (Lipinski definition) is 2. The van der Waals surface area contributed by atoms with Gasteiger partial charge in [0.25, 0.3) is 0 Å². The van der Waals surface area contributed by atoms with Gasteiger partial charge < -0.3 is 19.8 Å². The maximum Gasteiger partial charge on any atom is 0.124 e. The molecule has 0 amide bonds. The van der Waals surface area contributed by atoms with Gasteiger partial charge in [-0.2, -0.15) is 0 Å². The van der Waals surface area contributed by atoms with Crippen molar-refractivity contribution in [3.8, 4) is 11.3 Å². The first-order chi connectivity index (χ1) is 10.4. The van der Waals surface area contributed by atoms with Gasteiger partial charge in [0.05, 0.1) is 31.1 Å². The Kier molecular flexibility index (Phi) is 4.59. The van der Waals surface area contributed by atoms with Gasteiger partial charge in [0.2, 0.25) is 0 Å². The normalized spacial score (nSPS) is 21.8. The topological polar surface area (TPSA) is 72.1 Å². The predicted molar refractivity (Wildman–Crippen MR) is 78.8 cm³/mol. The van der Waals surface area contributed by atoms with Crippen molar-refractivity contribution in [2.24, 2.45) is 0 Å². The van der Waals surface area contributed by atoms with Gasteiger partial charge in [0.15, 0.2) is 0 Å². The Balaban J connectivity index is 1.60. The van der Waals surface area contributed by atoms with Gasteiger partial charge in [-0.15, -0.1) is 0 Å². The SMILES string of the molecule is COCCO[C@H]1CN[C@H](c2nc(-c3cccnc3)c[nH]2)C1. The molecule has 0 spiro atoms. The van der Waals surface area contributed by atoms with Gasteiger partial charge in [0, 0.05) is 37.8 Å². The number of nitrogens with zero attached hydrogens (tertiary/aromatic N) is 2. The summed E-state index contributed by atoms with van der Waals surface area (Å²) in [5.74, 6) is 0.951. The molecule has 6 nitrogen and oxygen atoms in total. The molecule has 6 heteroatoms. The maximum atomic E-state index is 5.75. The third-order valence-electron chi connectivity index (χ3n) is 3.62. The molecule has 0 aromatic carbocycles. The quantitative estimate of drug-likeness (QED) is 0.789. The fraction of sp³-hybridized carbons (Fsp3) is 0.467. The standard InChI is InChI=1S/C15H20N4O2/c1-20-5-6-21-12-7-13(17-9-12)15-18-10-14(19-15)11-3-2-4-16-8-11/h2-4,8,10,12-13,17H,5-7,9H2,1H3,(H,18,19)/t12-,13+/m1/s1. The molecule has 2 N–H and O–H groups in total. The maximum absolute atomic E-state index is 5.75. The van der Waals surface area contributed by atoms with Crippen LogP contribution in [0, 0.1) is 0 Å². The minimum absolute atomic E-state index is 0.211. The van der Waals surface area contributed by atoms with Crippen LogP contribution in [0.1, 0.15) is 18.3 Å². The monoisotopic (exact) mass is 288 g/mol. The number of rotatable bonds is 6. The van der Waals surface area contributed by atoms with Crippen LogP contribution in [-0.2, 0) is 9.47 Å². The molecule has 3 rings (SSSR count). The zero-order valence-electron chi connectivity index (χ0n) is 12.1. The smallest absolute Gasteiger partial charge is 0.124 e. The third-order valence-corrected chi connectivity index (χ3v) is 3.62. The van der Waals surface area contributed by atoms with Crippen LogP contribution < -0.4 is 5.32 Å². The number of methoxy groups -OCH3 is 1. The number of pyridine rings is 1. The van der Waals surface area contributed by atoms with Crippen LogP contribution in [0.5, 0.6) is 0 Å². The van der Waals surface area contributed by atoms with E-state index in [2.05, 4.69) is 20.3 Å². The number of ether oxygens (including phenoxy) is 2. The molecule has 1 saturated heterocycles. The molecule has 3 heterocycles. The summed E-state index contributed by atoms with van der Waals surface area (Å²) in [4.78, 5) is 12.0. The number of aromatic amines is 1. The van der Waals surface area contributed by atoms with E-state index in [-0.39, 0.29) is 12.1 Å². The third kappa shape index (κ3) is 3.47. The van der Waals surface area contributed by atoms with Gasteiger partial charge in [-0.1, -0.05) is 0 Å². The van der Waals surface area contributed by atoms with Crippen molar-refractivity contribution in [1.82, 2.24) is 20.3 Å². The number of H-pyrrole nitrogens is 1. The van der Waals surface area contributed by atoms with E-state index in [1.807, 2.05) is 24.5 Å². The molecule has 21 heavy (non-hydrogen) atoms. The van der Waals surface area contributed by atoms with E-state index in [4.69, 9.17) is 9.47 Å². The van der Waals surface area contributed by atoms with Crippen molar-refractivity contribution in [2.75, 3.05) is 26.9 Å². The average molecular weight is 288 g/mol. The Morgan fingerprint density at radius 2 is 2.33 bits per heavy atom. The van der Waals surface area contributed by atoms with E-state index in [0.29, 0.717) is 13.2 Å². The van der Waals surface area contributed by atoms with Gasteiger partial charge in [0.1, 0.15) is 5.82 Å². The van der Waals surface area contributed by atoms with E-state index >= 15 is 0 Å². The lowest BCUT2D eigenvalue weighted by molar-refractivity contribution is 0.0260. The van der Waals surface area contributed by atoms with Crippen LogP contribution in [0.2, 0.25) is 0 Å². The largest absolute Gasteiger partial charge is 0.382 e. The summed E-state index contributed by atoms with van der Waals surface area (Å²) >= 11 is 0. The second-order valence-corrected chi connectivity index (χ2v) is 5.09. The fourth-order valence-electron chi connectivity index (χ4n) is 2.51. The highest BCUT2D eigenvalue weighted by Crippen LogP contribution is 2.25. The Morgan fingerprint density at radius 1 is 1.38 bits per heavy atom. The van der Waals surface area contributed by atoms with Crippen LogP contribution in [0.15, 0.2) is 30.7 Å². The predicted octanol–water partition coefficient (Wildman–Crippen LogP) is 1.54. The van der Waals surface area contributed by atoms with Crippen LogP contribution in [0.4, 0.5) is 0 Å². The lowest BCUT2D eigenvalue weighted by atomic mass is 10.2. The number of aromatic nitrogens is 3. The first-order valence-corrected chi connectivity index (χ1v) is 7.16. The fourth-order valence-corrected chi connectivity index (χ4v) is 2.51. The Bertz CT molecular complexity index is 558. The summed E-state index contributed by atoms with van der Waals surface area (Å²) in [6.07, 6.45) is 6.64. The summed E-state index contributed by atoms with van der Waals surface area (Å²) in [6, 6.07) is 4.13. The van der Waals surface area contributed by atoms with Crippen molar-refractivity contribution in [2.45, 2.75) is 18.6 Å². The first kappa shape index (κ1) is 14.2. The summed E-state index contributed by atoms with van der Waals surface area (Å²) in [5, 5.41) is 3.44. The van der Waals surface area contributed by atoms with E-state index in [9.17, 15) is 0 Å². The molecule has 0 aliphatic carbocycles. The molecule has 0 radical (unpaired) electrons. The molecule has 2 aromatic rings. The lowest BCUT2D eigenvalue weighted by Gasteiger charge is -2.10. The van der Waals surface area contributed by atoms with Crippen molar-refractivity contribution < 1.29 is 9.47 Å². The molecular weight excluding hydrogens is 268 g/mol. The van der Waals surface area contributed by atoms with Gasteiger partial charge in [-0.3, -0.25) is 4.98 Å². The highest BCUT2D eigenvalue weighted by atomic mass is 16.5. The van der Waals surface area contributed by atoms with Crippen LogP contribution in [-0.4, -0.2) is 47.9 Å². The zero-order chi connectivity index (χ0) is 14.5. The molecule has 1 aliphatic rings. The van der Waals surface area contributed by atoms with Crippen molar-refractivity contribution in [3.63, 3.8) is 0 Å². The summed E-state index contributed by atoms with van der Waals surface area (Å²) in [6.45, 7) is 2.11. The molecule has 2 atom stereocenters. The molecule has 0 saturated carbocycles. The van der Waals surface area contributed by atoms with E-state index in [1.165, 1.54) is 0 Å². The van der Waals surface area contributed by atoms with Gasteiger partial charge in [-0.25, -0.2) is 4.98 Å². The zero-order valence-corrected chi connectivity index (χ0v) is 12.1. The van der Waals surface area contributed by atoms with Crippen molar-refractivity contribution in [3.05, 3.63) is 36.5 Å². The number of hydrogen-bond acceptors (Lipinski definition) is 5. The van der Waals surface area contributed by atoms with E-state index in [1.54, 1.807) is 13.3 Å². The summed E-state index contributed by atoms with van der Waals surface area (Å²) in [5.41, 5.74) is 1.94. The van der Waals surface area contributed by atoms with Crippen LogP contribution in [0.3, 0.4) is 0 Å². The van der Waals surface area contributed by atoms with Crippen molar-refractivity contribution in [1.29, 1.82) is 0 Å².